The van der Waals surface area contributed by atoms with Crippen molar-refractivity contribution in [2.45, 2.75) is 19.0 Å². The molecular formula is C15H19N3O2S. The molecular weight excluding hydrogens is 286 g/mol. The van der Waals surface area contributed by atoms with Crippen molar-refractivity contribution in [1.82, 2.24) is 14.7 Å². The molecule has 1 aliphatic rings. The standard InChI is InChI=1S/C15H19N3O2S/c1-17(15-7-10-21(19,20)12-15)11-13-3-5-14(6-4-13)18-9-2-8-16-18/h2-6,8-9,15H,7,10-12H2,1H3/t15-/m0/s1. The molecule has 2 aromatic rings. The number of rotatable bonds is 4. The van der Waals surface area contributed by atoms with Gasteiger partial charge in [-0.25, -0.2) is 13.1 Å². The summed E-state index contributed by atoms with van der Waals surface area (Å²) in [5.74, 6) is 0.606. The fraction of sp³-hybridized carbons (Fsp3) is 0.400. The van der Waals surface area contributed by atoms with Crippen LogP contribution in [-0.4, -0.2) is 47.7 Å². The summed E-state index contributed by atoms with van der Waals surface area (Å²) in [5.41, 5.74) is 2.20. The third-order valence-corrected chi connectivity index (χ3v) is 5.72. The van der Waals surface area contributed by atoms with Crippen LogP contribution in [0.5, 0.6) is 0 Å². The van der Waals surface area contributed by atoms with Crippen LogP contribution in [0.1, 0.15) is 12.0 Å². The Morgan fingerprint density at radius 1 is 1.33 bits per heavy atom. The van der Waals surface area contributed by atoms with E-state index in [0.29, 0.717) is 5.75 Å². The zero-order valence-corrected chi connectivity index (χ0v) is 12.8. The second kappa shape index (κ2) is 5.61. The molecule has 0 unspecified atom stereocenters. The SMILES string of the molecule is CN(Cc1ccc(-n2cccn2)cc1)[C@H]1CCS(=O)(=O)C1. The van der Waals surface area contributed by atoms with E-state index in [1.54, 1.807) is 6.20 Å². The third-order valence-electron chi connectivity index (χ3n) is 3.97. The molecule has 0 saturated carbocycles. The normalized spacial score (nSPS) is 21.0. The molecule has 3 rings (SSSR count). The Labute approximate surface area is 125 Å². The second-order valence-electron chi connectivity index (χ2n) is 5.59. The number of sulfone groups is 1. The predicted octanol–water partition coefficient (Wildman–Crippen LogP) is 1.49. The van der Waals surface area contributed by atoms with Crippen LogP contribution in [-0.2, 0) is 16.4 Å². The van der Waals surface area contributed by atoms with Crippen molar-refractivity contribution in [1.29, 1.82) is 0 Å². The van der Waals surface area contributed by atoms with E-state index in [4.69, 9.17) is 0 Å². The van der Waals surface area contributed by atoms with Crippen molar-refractivity contribution < 1.29 is 8.42 Å². The maximum atomic E-state index is 11.5. The van der Waals surface area contributed by atoms with Crippen LogP contribution in [0.2, 0.25) is 0 Å². The monoisotopic (exact) mass is 305 g/mol. The van der Waals surface area contributed by atoms with Crippen LogP contribution in [0.25, 0.3) is 5.69 Å². The first-order chi connectivity index (χ1) is 10.0. The molecule has 6 heteroatoms. The molecule has 0 bridgehead atoms. The van der Waals surface area contributed by atoms with Crippen LogP contribution >= 0.6 is 0 Å². The molecule has 1 saturated heterocycles. The lowest BCUT2D eigenvalue weighted by atomic mass is 10.1. The zero-order chi connectivity index (χ0) is 14.9. The lowest BCUT2D eigenvalue weighted by molar-refractivity contribution is 0.254. The van der Waals surface area contributed by atoms with Crippen molar-refractivity contribution in [2.24, 2.45) is 0 Å². The van der Waals surface area contributed by atoms with Gasteiger partial charge >= 0.3 is 0 Å². The fourth-order valence-corrected chi connectivity index (χ4v) is 4.52. The molecule has 112 valence electrons. The molecule has 5 nitrogen and oxygen atoms in total. The molecule has 2 heterocycles. The molecule has 0 N–H and O–H groups in total. The maximum absolute atomic E-state index is 11.5. The van der Waals surface area contributed by atoms with Crippen LogP contribution in [0.4, 0.5) is 0 Å². The lowest BCUT2D eigenvalue weighted by Crippen LogP contribution is -2.32. The summed E-state index contributed by atoms with van der Waals surface area (Å²) in [6.45, 7) is 0.763. The van der Waals surface area contributed by atoms with Gasteiger partial charge in [0.1, 0.15) is 0 Å². The Morgan fingerprint density at radius 2 is 2.10 bits per heavy atom. The van der Waals surface area contributed by atoms with Gasteiger partial charge in [0.25, 0.3) is 0 Å². The number of hydrogen-bond acceptors (Lipinski definition) is 4. The van der Waals surface area contributed by atoms with Gasteiger partial charge in [0.15, 0.2) is 9.84 Å². The Morgan fingerprint density at radius 3 is 2.67 bits per heavy atom. The zero-order valence-electron chi connectivity index (χ0n) is 12.0. The lowest BCUT2D eigenvalue weighted by Gasteiger charge is -2.23. The minimum absolute atomic E-state index is 0.140. The maximum Gasteiger partial charge on any atom is 0.151 e. The van der Waals surface area contributed by atoms with E-state index < -0.39 is 9.84 Å². The first kappa shape index (κ1) is 14.3. The summed E-state index contributed by atoms with van der Waals surface area (Å²) < 4.78 is 24.9. The molecule has 21 heavy (non-hydrogen) atoms. The first-order valence-electron chi connectivity index (χ1n) is 7.03. The highest BCUT2D eigenvalue weighted by Gasteiger charge is 2.30. The van der Waals surface area contributed by atoms with E-state index in [2.05, 4.69) is 22.1 Å². The van der Waals surface area contributed by atoms with E-state index in [1.165, 1.54) is 5.56 Å². The van der Waals surface area contributed by atoms with Crippen molar-refractivity contribution >= 4 is 9.84 Å². The molecule has 1 atom stereocenters. The summed E-state index contributed by atoms with van der Waals surface area (Å²) in [7, 11) is -0.829. The van der Waals surface area contributed by atoms with E-state index in [1.807, 2.05) is 36.1 Å². The van der Waals surface area contributed by atoms with Crippen LogP contribution in [0.15, 0.2) is 42.7 Å². The average molecular weight is 305 g/mol. The summed E-state index contributed by atoms with van der Waals surface area (Å²) in [6, 6.07) is 10.2. The van der Waals surface area contributed by atoms with Crippen molar-refractivity contribution in [3.8, 4) is 5.69 Å². The van der Waals surface area contributed by atoms with Gasteiger partial charge in [-0.1, -0.05) is 12.1 Å². The summed E-state index contributed by atoms with van der Waals surface area (Å²) in [6.07, 6.45) is 4.40. The first-order valence-corrected chi connectivity index (χ1v) is 8.85. The van der Waals surface area contributed by atoms with Crippen LogP contribution in [0.3, 0.4) is 0 Å². The van der Waals surface area contributed by atoms with Gasteiger partial charge in [0.05, 0.1) is 17.2 Å². The van der Waals surface area contributed by atoms with Crippen molar-refractivity contribution in [3.05, 3.63) is 48.3 Å². The topological polar surface area (TPSA) is 55.2 Å². The highest BCUT2D eigenvalue weighted by Crippen LogP contribution is 2.19. The van der Waals surface area contributed by atoms with Gasteiger partial charge < -0.3 is 0 Å². The largest absolute Gasteiger partial charge is 0.298 e. The Balaban J connectivity index is 1.65. The Hall–Kier alpha value is -1.66. The third kappa shape index (κ3) is 3.33. The average Bonchev–Trinajstić information content (AvgIpc) is 3.09. The Kier molecular flexibility index (Phi) is 3.82. The molecule has 0 radical (unpaired) electrons. The molecule has 0 spiro atoms. The number of hydrogen-bond donors (Lipinski definition) is 0. The van der Waals surface area contributed by atoms with Gasteiger partial charge in [-0.3, -0.25) is 4.90 Å². The number of nitrogens with zero attached hydrogens (tertiary/aromatic N) is 3. The van der Waals surface area contributed by atoms with Gasteiger partial charge in [0.2, 0.25) is 0 Å². The summed E-state index contributed by atoms with van der Waals surface area (Å²) >= 11 is 0. The Bertz CT molecular complexity index is 693. The summed E-state index contributed by atoms with van der Waals surface area (Å²) in [5, 5.41) is 4.20. The van der Waals surface area contributed by atoms with Crippen molar-refractivity contribution in [3.63, 3.8) is 0 Å². The minimum atomic E-state index is -2.82. The van der Waals surface area contributed by atoms with E-state index in [-0.39, 0.29) is 11.8 Å². The van der Waals surface area contributed by atoms with Crippen LogP contribution in [0, 0.1) is 0 Å². The molecule has 1 aromatic carbocycles. The van der Waals surface area contributed by atoms with Crippen LogP contribution < -0.4 is 0 Å². The van der Waals surface area contributed by atoms with Gasteiger partial charge in [-0.2, -0.15) is 5.10 Å². The quantitative estimate of drug-likeness (QED) is 0.859. The van der Waals surface area contributed by atoms with Crippen molar-refractivity contribution in [2.75, 3.05) is 18.6 Å². The summed E-state index contributed by atoms with van der Waals surface area (Å²) in [4.78, 5) is 2.13. The second-order valence-corrected chi connectivity index (χ2v) is 7.82. The molecule has 1 fully saturated rings. The fourth-order valence-electron chi connectivity index (χ4n) is 2.72. The highest BCUT2D eigenvalue weighted by molar-refractivity contribution is 7.91. The van der Waals surface area contributed by atoms with Gasteiger partial charge in [0, 0.05) is 25.0 Å². The van der Waals surface area contributed by atoms with E-state index in [9.17, 15) is 8.42 Å². The number of benzene rings is 1. The minimum Gasteiger partial charge on any atom is -0.298 e. The number of aromatic nitrogens is 2. The highest BCUT2D eigenvalue weighted by atomic mass is 32.2. The molecule has 0 aliphatic carbocycles. The van der Waals surface area contributed by atoms with Gasteiger partial charge in [-0.15, -0.1) is 0 Å². The molecule has 0 amide bonds. The molecule has 1 aromatic heterocycles. The van der Waals surface area contributed by atoms with E-state index in [0.717, 1.165) is 18.7 Å². The van der Waals surface area contributed by atoms with E-state index >= 15 is 0 Å². The smallest absolute Gasteiger partial charge is 0.151 e. The molecule has 1 aliphatic heterocycles. The van der Waals surface area contributed by atoms with Gasteiger partial charge in [-0.05, 0) is 37.2 Å². The predicted molar refractivity (Wildman–Crippen MR) is 82.1 cm³/mol.